The van der Waals surface area contributed by atoms with Gasteiger partial charge in [-0.05, 0) is 68.0 Å². The molecule has 3 rings (SSSR count). The summed E-state index contributed by atoms with van der Waals surface area (Å²) in [5.74, 6) is -0.231. The van der Waals surface area contributed by atoms with Crippen molar-refractivity contribution < 1.29 is 4.39 Å². The second kappa shape index (κ2) is 7.78. The number of halogens is 1. The molecule has 0 atom stereocenters. The molecule has 0 spiro atoms. The minimum absolute atomic E-state index is 0.106. The number of anilines is 1. The Morgan fingerprint density at radius 3 is 2.34 bits per heavy atom. The second-order valence-corrected chi connectivity index (χ2v) is 9.58. The van der Waals surface area contributed by atoms with Gasteiger partial charge in [0.1, 0.15) is 5.82 Å². The first kappa shape index (κ1) is 21.3. The van der Waals surface area contributed by atoms with Gasteiger partial charge in [-0.15, -0.1) is 0 Å². The highest BCUT2D eigenvalue weighted by Gasteiger charge is 2.31. The van der Waals surface area contributed by atoms with Crippen molar-refractivity contribution in [1.82, 2.24) is 0 Å². The van der Waals surface area contributed by atoms with Crippen molar-refractivity contribution in [1.29, 1.82) is 0 Å². The largest absolute Gasteiger partial charge is 0.362 e. The van der Waals surface area contributed by atoms with E-state index in [9.17, 15) is 4.39 Å². The number of allylic oxidation sites excluding steroid dienone is 1. The number of hydrogen-bond donors (Lipinski definition) is 0. The Hall–Kier alpha value is -2.42. The fourth-order valence-electron chi connectivity index (χ4n) is 4.04. The van der Waals surface area contributed by atoms with E-state index >= 15 is 0 Å². The minimum Gasteiger partial charge on any atom is -0.362 e. The van der Waals surface area contributed by atoms with Gasteiger partial charge in [-0.3, -0.25) is 4.99 Å². The normalized spacial score (nSPS) is 16.1. The highest BCUT2D eigenvalue weighted by Crippen LogP contribution is 2.40. The molecule has 0 N–H and O–H groups in total. The van der Waals surface area contributed by atoms with Crippen LogP contribution in [0.2, 0.25) is 0 Å². The monoisotopic (exact) mass is 392 g/mol. The quantitative estimate of drug-likeness (QED) is 0.499. The average molecular weight is 393 g/mol. The Morgan fingerprint density at radius 2 is 1.76 bits per heavy atom. The summed E-state index contributed by atoms with van der Waals surface area (Å²) in [4.78, 5) is 6.82. The van der Waals surface area contributed by atoms with E-state index in [1.165, 1.54) is 11.1 Å². The van der Waals surface area contributed by atoms with Crippen LogP contribution in [0.5, 0.6) is 0 Å². The summed E-state index contributed by atoms with van der Waals surface area (Å²) in [5.41, 5.74) is 5.84. The summed E-state index contributed by atoms with van der Waals surface area (Å²) < 4.78 is 15.0. The van der Waals surface area contributed by atoms with Gasteiger partial charge in [0.15, 0.2) is 0 Å². The first-order valence-electron chi connectivity index (χ1n) is 10.5. The molecule has 2 aromatic rings. The van der Waals surface area contributed by atoms with Gasteiger partial charge >= 0.3 is 0 Å². The predicted octanol–water partition coefficient (Wildman–Crippen LogP) is 7.29. The summed E-state index contributed by atoms with van der Waals surface area (Å²) >= 11 is 0. The molecule has 2 aromatic carbocycles. The van der Waals surface area contributed by atoms with Gasteiger partial charge in [-0.2, -0.15) is 0 Å². The molecule has 3 heteroatoms. The van der Waals surface area contributed by atoms with Crippen molar-refractivity contribution >= 4 is 23.2 Å². The number of nitrogens with zero attached hydrogens (tertiary/aromatic N) is 2. The lowest BCUT2D eigenvalue weighted by molar-refractivity contribution is 0.546. The second-order valence-electron chi connectivity index (χ2n) is 9.58. The lowest BCUT2D eigenvalue weighted by Gasteiger charge is -2.43. The van der Waals surface area contributed by atoms with E-state index in [1.54, 1.807) is 12.3 Å². The third-order valence-electron chi connectivity index (χ3n) is 5.63. The van der Waals surface area contributed by atoms with Gasteiger partial charge in [-0.1, -0.05) is 45.9 Å². The van der Waals surface area contributed by atoms with E-state index in [0.29, 0.717) is 5.56 Å². The van der Waals surface area contributed by atoms with Crippen LogP contribution in [0, 0.1) is 5.82 Å². The van der Waals surface area contributed by atoms with Gasteiger partial charge in [0, 0.05) is 29.6 Å². The predicted molar refractivity (Wildman–Crippen MR) is 124 cm³/mol. The molecule has 1 aliphatic rings. The highest BCUT2D eigenvalue weighted by atomic mass is 19.1. The number of benzene rings is 2. The Morgan fingerprint density at radius 1 is 1.10 bits per heavy atom. The van der Waals surface area contributed by atoms with Gasteiger partial charge in [0.2, 0.25) is 0 Å². The molecule has 1 aliphatic heterocycles. The maximum absolute atomic E-state index is 15.0. The Balaban J connectivity index is 1.95. The SMILES string of the molecule is CCCN1c2cc(F)c(C=Nc3ccc(C(C)(C)C)cc3)cc2C(C)=CC1(C)C. The summed E-state index contributed by atoms with van der Waals surface area (Å²) in [5, 5.41) is 0. The number of fused-ring (bicyclic) bond motifs is 1. The number of hydrogen-bond acceptors (Lipinski definition) is 2. The van der Waals surface area contributed by atoms with Crippen LogP contribution in [-0.4, -0.2) is 18.3 Å². The van der Waals surface area contributed by atoms with E-state index in [1.807, 2.05) is 18.2 Å². The van der Waals surface area contributed by atoms with E-state index in [0.717, 1.165) is 29.9 Å². The fraction of sp³-hybridized carbons (Fsp3) is 0.423. The maximum Gasteiger partial charge on any atom is 0.134 e. The Bertz CT molecular complexity index is 944. The maximum atomic E-state index is 15.0. The molecule has 0 unspecified atom stereocenters. The lowest BCUT2D eigenvalue weighted by atomic mass is 9.87. The fourth-order valence-corrected chi connectivity index (χ4v) is 4.04. The topological polar surface area (TPSA) is 15.6 Å². The van der Waals surface area contributed by atoms with Crippen LogP contribution in [0.3, 0.4) is 0 Å². The van der Waals surface area contributed by atoms with Crippen LogP contribution in [0.25, 0.3) is 5.57 Å². The summed E-state index contributed by atoms with van der Waals surface area (Å²) in [6.45, 7) is 16.1. The lowest BCUT2D eigenvalue weighted by Crippen LogP contribution is -2.45. The summed E-state index contributed by atoms with van der Waals surface area (Å²) in [7, 11) is 0. The zero-order chi connectivity index (χ0) is 21.4. The van der Waals surface area contributed by atoms with Crippen molar-refractivity contribution in [3.05, 3.63) is 65.0 Å². The van der Waals surface area contributed by atoms with E-state index in [4.69, 9.17) is 0 Å². The summed E-state index contributed by atoms with van der Waals surface area (Å²) in [6.07, 6.45) is 4.93. The number of aliphatic imine (C=N–C) groups is 1. The molecule has 0 fully saturated rings. The highest BCUT2D eigenvalue weighted by molar-refractivity contribution is 5.89. The minimum atomic E-state index is -0.231. The molecule has 0 amide bonds. The van der Waals surface area contributed by atoms with E-state index in [2.05, 4.69) is 76.6 Å². The molecular weight excluding hydrogens is 359 g/mol. The van der Waals surface area contributed by atoms with Crippen LogP contribution in [0.4, 0.5) is 15.8 Å². The van der Waals surface area contributed by atoms with Crippen molar-refractivity contribution in [2.24, 2.45) is 4.99 Å². The first-order chi connectivity index (χ1) is 13.5. The van der Waals surface area contributed by atoms with Crippen molar-refractivity contribution in [3.63, 3.8) is 0 Å². The smallest absolute Gasteiger partial charge is 0.134 e. The zero-order valence-electron chi connectivity index (χ0n) is 18.8. The molecule has 0 bridgehead atoms. The molecule has 0 saturated heterocycles. The van der Waals surface area contributed by atoms with Crippen LogP contribution >= 0.6 is 0 Å². The van der Waals surface area contributed by atoms with E-state index in [-0.39, 0.29) is 16.8 Å². The molecule has 1 heterocycles. The van der Waals surface area contributed by atoms with Crippen molar-refractivity contribution in [2.75, 3.05) is 11.4 Å². The molecule has 2 nitrogen and oxygen atoms in total. The van der Waals surface area contributed by atoms with Crippen LogP contribution in [-0.2, 0) is 5.41 Å². The van der Waals surface area contributed by atoms with Gasteiger partial charge in [0.05, 0.1) is 11.2 Å². The third kappa shape index (κ3) is 4.44. The van der Waals surface area contributed by atoms with Crippen LogP contribution in [0.15, 0.2) is 47.5 Å². The Kier molecular flexibility index (Phi) is 5.71. The molecule has 0 radical (unpaired) electrons. The van der Waals surface area contributed by atoms with Gasteiger partial charge in [-0.25, -0.2) is 4.39 Å². The number of rotatable bonds is 4. The average Bonchev–Trinajstić information content (AvgIpc) is 2.63. The molecule has 29 heavy (non-hydrogen) atoms. The third-order valence-corrected chi connectivity index (χ3v) is 5.63. The van der Waals surface area contributed by atoms with Gasteiger partial charge in [0.25, 0.3) is 0 Å². The van der Waals surface area contributed by atoms with Gasteiger partial charge < -0.3 is 4.90 Å². The van der Waals surface area contributed by atoms with Crippen LogP contribution in [0.1, 0.15) is 71.6 Å². The van der Waals surface area contributed by atoms with E-state index < -0.39 is 0 Å². The zero-order valence-corrected chi connectivity index (χ0v) is 18.8. The first-order valence-corrected chi connectivity index (χ1v) is 10.5. The Labute approximate surface area is 175 Å². The van der Waals surface area contributed by atoms with Crippen LogP contribution < -0.4 is 4.90 Å². The summed E-state index contributed by atoms with van der Waals surface area (Å²) in [6, 6.07) is 11.8. The molecule has 0 saturated carbocycles. The van der Waals surface area contributed by atoms with Crippen molar-refractivity contribution in [2.45, 2.75) is 65.8 Å². The van der Waals surface area contributed by atoms with Crippen molar-refractivity contribution in [3.8, 4) is 0 Å². The molecule has 154 valence electrons. The standard InChI is InChI=1S/C26H33FN2/c1-8-13-29-24-15-23(27)19(14-22(24)18(2)16-26(29,6)7)17-28-21-11-9-20(10-12-21)25(3,4)5/h9-12,14-17H,8,13H2,1-7H3. The molecular formula is C26H33FN2. The molecule has 0 aliphatic carbocycles. The molecule has 0 aromatic heterocycles.